The number of carbonyl (C=O) groups is 1. The van der Waals surface area contributed by atoms with Crippen LogP contribution in [-0.4, -0.2) is 17.0 Å². The van der Waals surface area contributed by atoms with E-state index in [-0.39, 0.29) is 11.7 Å². The van der Waals surface area contributed by atoms with Crippen molar-refractivity contribution in [3.63, 3.8) is 0 Å². The molecule has 5 nitrogen and oxygen atoms in total. The van der Waals surface area contributed by atoms with Crippen LogP contribution in [0, 0.1) is 5.92 Å². The summed E-state index contributed by atoms with van der Waals surface area (Å²) >= 11 is 1.57. The van der Waals surface area contributed by atoms with Gasteiger partial charge in [0.25, 0.3) is 0 Å². The van der Waals surface area contributed by atoms with Gasteiger partial charge in [0.15, 0.2) is 5.84 Å². The molecular formula is C9H13N3O2S. The number of carbonyl (C=O) groups excluding carboxylic acids is 1. The predicted octanol–water partition coefficient (Wildman–Crippen LogP) is 0.747. The zero-order chi connectivity index (χ0) is 11.3. The summed E-state index contributed by atoms with van der Waals surface area (Å²) in [6.45, 7) is 2.05. The molecule has 0 bridgehead atoms. The number of hydrogen-bond donors (Lipinski definition) is 3. The Labute approximate surface area is 91.6 Å². The van der Waals surface area contributed by atoms with Crippen molar-refractivity contribution < 1.29 is 10.0 Å². The molecule has 82 valence electrons. The van der Waals surface area contributed by atoms with Crippen molar-refractivity contribution in [3.8, 4) is 0 Å². The number of rotatable bonds is 4. The highest BCUT2D eigenvalue weighted by atomic mass is 32.1. The molecule has 1 amide bonds. The van der Waals surface area contributed by atoms with E-state index in [9.17, 15) is 4.79 Å². The van der Waals surface area contributed by atoms with E-state index in [1.165, 1.54) is 0 Å². The molecule has 1 unspecified atom stereocenters. The van der Waals surface area contributed by atoms with Gasteiger partial charge in [0, 0.05) is 6.54 Å². The topological polar surface area (TPSA) is 87.7 Å². The first-order valence-electron chi connectivity index (χ1n) is 4.41. The molecule has 0 aliphatic heterocycles. The summed E-state index contributed by atoms with van der Waals surface area (Å²) < 4.78 is 0. The standard InChI is InChI=1S/C9H13N3O2S/c1-6(8(10)12-14)9(13)11-4-7-2-3-15-5-7/h2-3,5-6,14H,4H2,1H3,(H2,10,12)(H,11,13). The summed E-state index contributed by atoms with van der Waals surface area (Å²) in [5, 5.41) is 17.8. The predicted molar refractivity (Wildman–Crippen MR) is 58.7 cm³/mol. The number of thiophene rings is 1. The minimum absolute atomic E-state index is 0.0854. The number of hydrogen-bond acceptors (Lipinski definition) is 4. The number of nitrogens with one attached hydrogen (secondary N) is 1. The average Bonchev–Trinajstić information content (AvgIpc) is 2.76. The Hall–Kier alpha value is -1.56. The fourth-order valence-corrected chi connectivity index (χ4v) is 1.63. The summed E-state index contributed by atoms with van der Waals surface area (Å²) in [6.07, 6.45) is 0. The van der Waals surface area contributed by atoms with E-state index in [4.69, 9.17) is 10.9 Å². The molecule has 0 saturated carbocycles. The maximum atomic E-state index is 11.5. The highest BCUT2D eigenvalue weighted by Gasteiger charge is 2.16. The van der Waals surface area contributed by atoms with E-state index in [1.54, 1.807) is 18.3 Å². The first kappa shape index (κ1) is 11.5. The zero-order valence-electron chi connectivity index (χ0n) is 8.30. The van der Waals surface area contributed by atoms with Crippen LogP contribution >= 0.6 is 11.3 Å². The van der Waals surface area contributed by atoms with E-state index in [1.807, 2.05) is 16.8 Å². The monoisotopic (exact) mass is 227 g/mol. The Morgan fingerprint density at radius 1 is 1.80 bits per heavy atom. The minimum atomic E-state index is -0.617. The summed E-state index contributed by atoms with van der Waals surface area (Å²) in [5.74, 6) is -0.956. The van der Waals surface area contributed by atoms with Crippen molar-refractivity contribution in [2.75, 3.05) is 0 Å². The largest absolute Gasteiger partial charge is 0.409 e. The van der Waals surface area contributed by atoms with Gasteiger partial charge < -0.3 is 16.3 Å². The number of nitrogens with two attached hydrogens (primary N) is 1. The summed E-state index contributed by atoms with van der Waals surface area (Å²) in [5.41, 5.74) is 6.35. The van der Waals surface area contributed by atoms with Crippen LogP contribution in [0.5, 0.6) is 0 Å². The lowest BCUT2D eigenvalue weighted by molar-refractivity contribution is -0.122. The van der Waals surface area contributed by atoms with E-state index in [0.29, 0.717) is 6.54 Å². The van der Waals surface area contributed by atoms with Crippen molar-refractivity contribution in [1.29, 1.82) is 0 Å². The molecule has 1 rings (SSSR count). The zero-order valence-corrected chi connectivity index (χ0v) is 9.12. The average molecular weight is 227 g/mol. The Bertz CT molecular complexity index is 348. The summed E-state index contributed by atoms with van der Waals surface area (Å²) in [6, 6.07) is 1.93. The molecule has 0 saturated heterocycles. The van der Waals surface area contributed by atoms with Crippen LogP contribution in [0.3, 0.4) is 0 Å². The van der Waals surface area contributed by atoms with Gasteiger partial charge in [-0.25, -0.2) is 0 Å². The third-order valence-corrected chi connectivity index (χ3v) is 2.73. The summed E-state index contributed by atoms with van der Waals surface area (Å²) in [4.78, 5) is 11.5. The Morgan fingerprint density at radius 2 is 2.53 bits per heavy atom. The van der Waals surface area contributed by atoms with Crippen molar-refractivity contribution >= 4 is 23.1 Å². The molecule has 0 fully saturated rings. The van der Waals surface area contributed by atoms with Gasteiger partial charge in [0.05, 0.1) is 5.92 Å². The molecule has 1 aromatic heterocycles. The highest BCUT2D eigenvalue weighted by Crippen LogP contribution is 2.05. The first-order valence-corrected chi connectivity index (χ1v) is 5.35. The second-order valence-corrected chi connectivity index (χ2v) is 3.88. The van der Waals surface area contributed by atoms with Crippen molar-refractivity contribution in [2.45, 2.75) is 13.5 Å². The summed E-state index contributed by atoms with van der Waals surface area (Å²) in [7, 11) is 0. The lowest BCUT2D eigenvalue weighted by Crippen LogP contribution is -2.36. The van der Waals surface area contributed by atoms with Gasteiger partial charge in [0.2, 0.25) is 5.91 Å². The molecule has 0 radical (unpaired) electrons. The Kier molecular flexibility index (Phi) is 4.11. The van der Waals surface area contributed by atoms with Gasteiger partial charge in [-0.1, -0.05) is 5.16 Å². The highest BCUT2D eigenvalue weighted by molar-refractivity contribution is 7.07. The third kappa shape index (κ3) is 3.25. The Balaban J connectivity index is 2.43. The van der Waals surface area contributed by atoms with E-state index >= 15 is 0 Å². The fourth-order valence-electron chi connectivity index (χ4n) is 0.956. The molecule has 0 aromatic carbocycles. The SMILES string of the molecule is CC(C(=O)NCc1ccsc1)C(N)=NO. The lowest BCUT2D eigenvalue weighted by atomic mass is 10.1. The van der Waals surface area contributed by atoms with Crippen molar-refractivity contribution in [3.05, 3.63) is 22.4 Å². The molecule has 15 heavy (non-hydrogen) atoms. The molecule has 0 aliphatic rings. The molecule has 1 atom stereocenters. The molecule has 1 aromatic rings. The van der Waals surface area contributed by atoms with Gasteiger partial charge in [-0.3, -0.25) is 4.79 Å². The van der Waals surface area contributed by atoms with Crippen LogP contribution in [0.25, 0.3) is 0 Å². The van der Waals surface area contributed by atoms with Gasteiger partial charge >= 0.3 is 0 Å². The maximum absolute atomic E-state index is 11.5. The Morgan fingerprint density at radius 3 is 3.07 bits per heavy atom. The fraction of sp³-hybridized carbons (Fsp3) is 0.333. The van der Waals surface area contributed by atoms with Gasteiger partial charge in [-0.15, -0.1) is 0 Å². The molecule has 4 N–H and O–H groups in total. The molecule has 0 aliphatic carbocycles. The molecule has 1 heterocycles. The lowest BCUT2D eigenvalue weighted by Gasteiger charge is -2.09. The molecule has 6 heteroatoms. The van der Waals surface area contributed by atoms with Crippen molar-refractivity contribution in [2.24, 2.45) is 16.8 Å². The second-order valence-electron chi connectivity index (χ2n) is 3.10. The van der Waals surface area contributed by atoms with Crippen LogP contribution in [0.2, 0.25) is 0 Å². The second kappa shape index (κ2) is 5.35. The van der Waals surface area contributed by atoms with Crippen LogP contribution in [0.1, 0.15) is 12.5 Å². The number of amides is 1. The van der Waals surface area contributed by atoms with Crippen LogP contribution in [0.4, 0.5) is 0 Å². The van der Waals surface area contributed by atoms with Crippen LogP contribution < -0.4 is 11.1 Å². The normalized spacial score (nSPS) is 13.5. The number of nitrogens with zero attached hydrogens (tertiary/aromatic N) is 1. The molecular weight excluding hydrogens is 214 g/mol. The smallest absolute Gasteiger partial charge is 0.230 e. The van der Waals surface area contributed by atoms with Gasteiger partial charge in [-0.05, 0) is 29.3 Å². The van der Waals surface area contributed by atoms with E-state index < -0.39 is 5.92 Å². The van der Waals surface area contributed by atoms with Crippen molar-refractivity contribution in [1.82, 2.24) is 5.32 Å². The van der Waals surface area contributed by atoms with E-state index in [0.717, 1.165) is 5.56 Å². The number of amidine groups is 1. The van der Waals surface area contributed by atoms with Crippen LogP contribution in [0.15, 0.2) is 22.0 Å². The molecule has 0 spiro atoms. The van der Waals surface area contributed by atoms with Crippen LogP contribution in [-0.2, 0) is 11.3 Å². The van der Waals surface area contributed by atoms with Gasteiger partial charge in [-0.2, -0.15) is 11.3 Å². The third-order valence-electron chi connectivity index (χ3n) is 2.00. The van der Waals surface area contributed by atoms with Gasteiger partial charge in [0.1, 0.15) is 0 Å². The first-order chi connectivity index (χ1) is 7.15. The minimum Gasteiger partial charge on any atom is -0.409 e. The van der Waals surface area contributed by atoms with E-state index in [2.05, 4.69) is 10.5 Å². The number of oxime groups is 1. The quantitative estimate of drug-likeness (QED) is 0.307. The maximum Gasteiger partial charge on any atom is 0.230 e.